The van der Waals surface area contributed by atoms with Gasteiger partial charge in [0.15, 0.2) is 11.5 Å². The Hall–Kier alpha value is -3.13. The van der Waals surface area contributed by atoms with Crippen molar-refractivity contribution in [2.24, 2.45) is 0 Å². The lowest BCUT2D eigenvalue weighted by Crippen LogP contribution is -2.32. The number of methoxy groups -OCH3 is 1. The van der Waals surface area contributed by atoms with Gasteiger partial charge in [-0.15, -0.1) is 0 Å². The Morgan fingerprint density at radius 2 is 1.63 bits per heavy atom. The largest absolute Gasteiger partial charge is 0.493 e. The molecule has 1 saturated heterocycles. The molecule has 35 heavy (non-hydrogen) atoms. The number of carbonyl (C=O) groups is 2. The van der Waals surface area contributed by atoms with Crippen molar-refractivity contribution in [3.63, 3.8) is 0 Å². The number of ether oxygens (including phenoxy) is 3. The fourth-order valence-corrected chi connectivity index (χ4v) is 4.56. The highest BCUT2D eigenvalue weighted by molar-refractivity contribution is 8.18. The topological polar surface area (TPSA) is 65.1 Å². The summed E-state index contributed by atoms with van der Waals surface area (Å²) in [5.74, 6) is 1.16. The molecule has 4 rings (SSSR count). The van der Waals surface area contributed by atoms with Crippen LogP contribution in [-0.2, 0) is 11.4 Å². The predicted octanol–water partition coefficient (Wildman–Crippen LogP) is 6.70. The average molecular weight is 530 g/mol. The van der Waals surface area contributed by atoms with Crippen molar-refractivity contribution < 1.29 is 23.8 Å². The number of halogens is 2. The smallest absolute Gasteiger partial charge is 0.293 e. The van der Waals surface area contributed by atoms with Gasteiger partial charge in [0.2, 0.25) is 0 Å². The van der Waals surface area contributed by atoms with Crippen molar-refractivity contribution in [2.75, 3.05) is 20.3 Å². The minimum Gasteiger partial charge on any atom is -0.493 e. The number of carbonyl (C=O) groups excluding carboxylic acids is 2. The van der Waals surface area contributed by atoms with E-state index in [1.807, 2.05) is 18.2 Å². The first kappa shape index (κ1) is 25.0. The Balaban J connectivity index is 1.41. The Kier molecular flexibility index (Phi) is 8.23. The van der Waals surface area contributed by atoms with Gasteiger partial charge in [0, 0.05) is 10.6 Å². The van der Waals surface area contributed by atoms with Crippen LogP contribution in [0.4, 0.5) is 4.79 Å². The van der Waals surface area contributed by atoms with E-state index in [1.165, 1.54) is 7.11 Å². The maximum absolute atomic E-state index is 12.8. The number of benzene rings is 3. The van der Waals surface area contributed by atoms with Gasteiger partial charge in [-0.05, 0) is 53.7 Å². The molecule has 0 radical (unpaired) electrons. The van der Waals surface area contributed by atoms with Crippen molar-refractivity contribution in [3.05, 3.63) is 92.8 Å². The van der Waals surface area contributed by atoms with Gasteiger partial charge in [-0.25, -0.2) is 0 Å². The molecule has 9 heteroatoms. The Bertz CT molecular complexity index is 1280. The van der Waals surface area contributed by atoms with Crippen molar-refractivity contribution in [1.29, 1.82) is 0 Å². The van der Waals surface area contributed by atoms with Crippen molar-refractivity contribution >= 4 is 52.2 Å². The second kappa shape index (κ2) is 11.5. The summed E-state index contributed by atoms with van der Waals surface area (Å²) in [7, 11) is 1.54. The second-order valence-electron chi connectivity index (χ2n) is 7.40. The number of thioether (sulfide) groups is 1. The Morgan fingerprint density at radius 1 is 0.886 bits per heavy atom. The zero-order valence-corrected chi connectivity index (χ0v) is 21.0. The highest BCUT2D eigenvalue weighted by Gasteiger charge is 2.34. The summed E-state index contributed by atoms with van der Waals surface area (Å²) in [6.07, 6.45) is 1.65. The first-order valence-corrected chi connectivity index (χ1v) is 12.2. The van der Waals surface area contributed by atoms with Gasteiger partial charge in [-0.2, -0.15) is 0 Å². The normalized spacial score (nSPS) is 14.5. The number of imide groups is 1. The standard InChI is InChI=1S/C26H21Cl2NO5S/c1-32-23-14-17(10-11-22(23)34-16-18-6-2-3-7-19(18)27)15-24-25(30)29(26(31)35-24)12-13-33-21-9-5-4-8-20(21)28/h2-11,14-15H,12-13,16H2,1H3/b24-15-. The Morgan fingerprint density at radius 3 is 2.37 bits per heavy atom. The van der Waals surface area contributed by atoms with Crippen molar-refractivity contribution in [2.45, 2.75) is 6.61 Å². The molecular weight excluding hydrogens is 509 g/mol. The van der Waals surface area contributed by atoms with E-state index in [2.05, 4.69) is 0 Å². The molecule has 0 aromatic heterocycles. The summed E-state index contributed by atoms with van der Waals surface area (Å²) in [5.41, 5.74) is 1.55. The fourth-order valence-electron chi connectivity index (χ4n) is 3.32. The van der Waals surface area contributed by atoms with Gasteiger partial charge >= 0.3 is 0 Å². The molecule has 1 fully saturated rings. The molecule has 2 amide bonds. The molecule has 0 atom stereocenters. The van der Waals surface area contributed by atoms with Crippen LogP contribution in [0.3, 0.4) is 0 Å². The molecule has 180 valence electrons. The van der Waals surface area contributed by atoms with Crippen LogP contribution in [0.5, 0.6) is 17.2 Å². The van der Waals surface area contributed by atoms with E-state index in [4.69, 9.17) is 37.4 Å². The molecule has 0 N–H and O–H groups in total. The molecule has 6 nitrogen and oxygen atoms in total. The zero-order chi connectivity index (χ0) is 24.8. The molecule has 0 saturated carbocycles. The molecular formula is C26H21Cl2NO5S. The van der Waals surface area contributed by atoms with E-state index in [1.54, 1.807) is 54.6 Å². The predicted molar refractivity (Wildman–Crippen MR) is 138 cm³/mol. The van der Waals surface area contributed by atoms with E-state index in [0.29, 0.717) is 37.8 Å². The monoisotopic (exact) mass is 529 g/mol. The van der Waals surface area contributed by atoms with Crippen LogP contribution in [-0.4, -0.2) is 36.3 Å². The lowest BCUT2D eigenvalue weighted by Gasteiger charge is -2.14. The molecule has 1 aliphatic heterocycles. The lowest BCUT2D eigenvalue weighted by molar-refractivity contribution is -0.123. The molecule has 3 aromatic carbocycles. The van der Waals surface area contributed by atoms with Crippen LogP contribution in [0.15, 0.2) is 71.6 Å². The number of hydrogen-bond donors (Lipinski definition) is 0. The Labute approximate surface area is 217 Å². The SMILES string of the molecule is COc1cc(/C=C2\SC(=O)N(CCOc3ccccc3Cl)C2=O)ccc1OCc1ccccc1Cl. The third-order valence-electron chi connectivity index (χ3n) is 5.11. The van der Waals surface area contributed by atoms with E-state index in [9.17, 15) is 9.59 Å². The van der Waals surface area contributed by atoms with Crippen LogP contribution >= 0.6 is 35.0 Å². The molecule has 0 unspecified atom stereocenters. The van der Waals surface area contributed by atoms with Crippen molar-refractivity contribution in [3.8, 4) is 17.2 Å². The molecule has 3 aromatic rings. The summed E-state index contributed by atoms with van der Waals surface area (Å²) in [6.45, 7) is 0.538. The number of para-hydroxylation sites is 1. The average Bonchev–Trinajstić information content (AvgIpc) is 3.12. The zero-order valence-electron chi connectivity index (χ0n) is 18.7. The summed E-state index contributed by atoms with van der Waals surface area (Å²) in [5, 5.41) is 0.738. The highest BCUT2D eigenvalue weighted by atomic mass is 35.5. The van der Waals surface area contributed by atoms with Crippen molar-refractivity contribution in [1.82, 2.24) is 4.90 Å². The number of amides is 2. The summed E-state index contributed by atoms with van der Waals surface area (Å²) in [4.78, 5) is 26.7. The lowest BCUT2D eigenvalue weighted by atomic mass is 10.1. The minimum atomic E-state index is -0.374. The third kappa shape index (κ3) is 6.11. The highest BCUT2D eigenvalue weighted by Crippen LogP contribution is 2.35. The van der Waals surface area contributed by atoms with Crippen LogP contribution in [0.1, 0.15) is 11.1 Å². The third-order valence-corrected chi connectivity index (χ3v) is 6.70. The van der Waals surface area contributed by atoms with Gasteiger partial charge in [-0.3, -0.25) is 14.5 Å². The van der Waals surface area contributed by atoms with Gasteiger partial charge in [0.1, 0.15) is 19.0 Å². The molecule has 0 spiro atoms. The second-order valence-corrected chi connectivity index (χ2v) is 9.21. The number of rotatable bonds is 9. The molecule has 0 bridgehead atoms. The van der Waals surface area contributed by atoms with Crippen LogP contribution < -0.4 is 14.2 Å². The van der Waals surface area contributed by atoms with E-state index in [0.717, 1.165) is 22.2 Å². The number of nitrogens with zero attached hydrogens (tertiary/aromatic N) is 1. The van der Waals surface area contributed by atoms with Gasteiger partial charge in [0.05, 0.1) is 23.6 Å². The van der Waals surface area contributed by atoms with E-state index in [-0.39, 0.29) is 30.9 Å². The summed E-state index contributed by atoms with van der Waals surface area (Å²) in [6, 6.07) is 19.8. The maximum Gasteiger partial charge on any atom is 0.293 e. The maximum atomic E-state index is 12.8. The van der Waals surface area contributed by atoms with Gasteiger partial charge in [-0.1, -0.05) is 59.6 Å². The van der Waals surface area contributed by atoms with E-state index >= 15 is 0 Å². The van der Waals surface area contributed by atoms with Gasteiger partial charge in [0.25, 0.3) is 11.1 Å². The summed E-state index contributed by atoms with van der Waals surface area (Å²) >= 11 is 13.1. The minimum absolute atomic E-state index is 0.116. The van der Waals surface area contributed by atoms with E-state index < -0.39 is 0 Å². The van der Waals surface area contributed by atoms with Crippen LogP contribution in [0, 0.1) is 0 Å². The first-order chi connectivity index (χ1) is 17.0. The quantitative estimate of drug-likeness (QED) is 0.287. The first-order valence-electron chi connectivity index (χ1n) is 10.6. The van der Waals surface area contributed by atoms with Crippen LogP contribution in [0.2, 0.25) is 10.0 Å². The summed E-state index contributed by atoms with van der Waals surface area (Å²) < 4.78 is 16.9. The number of hydrogen-bond acceptors (Lipinski definition) is 6. The fraction of sp³-hybridized carbons (Fsp3) is 0.154. The molecule has 0 aliphatic carbocycles. The molecule has 1 aliphatic rings. The van der Waals surface area contributed by atoms with Gasteiger partial charge < -0.3 is 14.2 Å². The molecule has 1 heterocycles. The van der Waals surface area contributed by atoms with Crippen LogP contribution in [0.25, 0.3) is 6.08 Å².